The average Bonchev–Trinajstić information content (AvgIpc) is 2.82. The third kappa shape index (κ3) is 8.27. The Morgan fingerprint density at radius 1 is 1.32 bits per heavy atom. The predicted octanol–water partition coefficient (Wildman–Crippen LogP) is 1.69. The van der Waals surface area contributed by atoms with Crippen LogP contribution in [0, 0.1) is 11.8 Å². The largest absolute Gasteiger partial charge is 0.550 e. The number of carbonyl (C=O) groups excluding carboxylic acids is 2. The van der Waals surface area contributed by atoms with Gasteiger partial charge in [-0.15, -0.1) is 0 Å². The molecule has 5 heteroatoms. The van der Waals surface area contributed by atoms with Crippen molar-refractivity contribution in [2.24, 2.45) is 11.8 Å². The highest BCUT2D eigenvalue weighted by molar-refractivity contribution is 5.84. The Bertz CT molecular complexity index is 506. The van der Waals surface area contributed by atoms with E-state index in [1.165, 1.54) is 0 Å². The molecule has 0 amide bonds. The molecule has 0 bridgehead atoms. The molecule has 0 aliphatic heterocycles. The van der Waals surface area contributed by atoms with Crippen molar-refractivity contribution >= 4 is 11.8 Å². The van der Waals surface area contributed by atoms with Crippen molar-refractivity contribution in [3.05, 3.63) is 36.5 Å². The van der Waals surface area contributed by atoms with Crippen molar-refractivity contribution in [2.75, 3.05) is 0 Å². The van der Waals surface area contributed by atoms with Crippen LogP contribution in [-0.2, 0) is 9.59 Å². The summed E-state index contributed by atoms with van der Waals surface area (Å²) in [4.78, 5) is 22.4. The number of carboxylic acid groups (broad SMARTS) is 1. The maximum absolute atomic E-state index is 12.1. The summed E-state index contributed by atoms with van der Waals surface area (Å²) >= 11 is 0. The molecule has 1 aliphatic carbocycles. The highest BCUT2D eigenvalue weighted by Gasteiger charge is 2.39. The maximum atomic E-state index is 12.1. The SMILES string of the molecule is CC/C=C\C[C@H](O)/C=C/[C@H]1[C@H](O)CC(=O)[C@@H]1C/C=C\CCCC(=O)[O-]. The number of carbonyl (C=O) groups is 2. The van der Waals surface area contributed by atoms with Gasteiger partial charge in [-0.25, -0.2) is 0 Å². The Labute approximate surface area is 149 Å². The van der Waals surface area contributed by atoms with Gasteiger partial charge in [0.25, 0.3) is 0 Å². The lowest BCUT2D eigenvalue weighted by atomic mass is 9.90. The zero-order valence-corrected chi connectivity index (χ0v) is 14.8. The molecule has 1 fully saturated rings. The second-order valence-corrected chi connectivity index (χ2v) is 6.46. The van der Waals surface area contributed by atoms with Crippen molar-refractivity contribution in [1.29, 1.82) is 0 Å². The highest BCUT2D eigenvalue weighted by atomic mass is 16.4. The first-order chi connectivity index (χ1) is 12.0. The fraction of sp³-hybridized carbons (Fsp3) is 0.600. The number of aliphatic carboxylic acids is 1. The lowest BCUT2D eigenvalue weighted by molar-refractivity contribution is -0.305. The Hall–Kier alpha value is -1.72. The zero-order chi connectivity index (χ0) is 18.7. The van der Waals surface area contributed by atoms with Gasteiger partial charge in [-0.2, -0.15) is 0 Å². The van der Waals surface area contributed by atoms with E-state index in [2.05, 4.69) is 0 Å². The Morgan fingerprint density at radius 3 is 2.76 bits per heavy atom. The van der Waals surface area contributed by atoms with E-state index in [1.54, 1.807) is 12.2 Å². The summed E-state index contributed by atoms with van der Waals surface area (Å²) in [7, 11) is 0. The lowest BCUT2D eigenvalue weighted by Crippen LogP contribution is -2.21. The Balaban J connectivity index is 2.52. The summed E-state index contributed by atoms with van der Waals surface area (Å²) in [5.41, 5.74) is 0. The lowest BCUT2D eigenvalue weighted by Gasteiger charge is -2.16. The predicted molar refractivity (Wildman–Crippen MR) is 94.4 cm³/mol. The smallest absolute Gasteiger partial charge is 0.139 e. The number of ketones is 1. The number of aliphatic hydroxyl groups excluding tert-OH is 2. The fourth-order valence-corrected chi connectivity index (χ4v) is 2.99. The topological polar surface area (TPSA) is 97.7 Å². The van der Waals surface area contributed by atoms with Gasteiger partial charge in [-0.05, 0) is 38.5 Å². The maximum Gasteiger partial charge on any atom is 0.139 e. The summed E-state index contributed by atoms with van der Waals surface area (Å²) in [5, 5.41) is 30.3. The summed E-state index contributed by atoms with van der Waals surface area (Å²) < 4.78 is 0. The number of hydrogen-bond acceptors (Lipinski definition) is 5. The van der Waals surface area contributed by atoms with Gasteiger partial charge in [-0.3, -0.25) is 4.79 Å². The van der Waals surface area contributed by atoms with E-state index >= 15 is 0 Å². The van der Waals surface area contributed by atoms with E-state index in [0.717, 1.165) is 6.42 Å². The van der Waals surface area contributed by atoms with Crippen LogP contribution in [0.4, 0.5) is 0 Å². The molecule has 0 unspecified atom stereocenters. The van der Waals surface area contributed by atoms with E-state index in [9.17, 15) is 24.9 Å². The number of allylic oxidation sites excluding steroid dienone is 3. The van der Waals surface area contributed by atoms with Crippen LogP contribution in [0.25, 0.3) is 0 Å². The van der Waals surface area contributed by atoms with Crippen molar-refractivity contribution in [3.8, 4) is 0 Å². The zero-order valence-electron chi connectivity index (χ0n) is 14.8. The van der Waals surface area contributed by atoms with Gasteiger partial charge in [0.1, 0.15) is 5.78 Å². The minimum Gasteiger partial charge on any atom is -0.550 e. The summed E-state index contributed by atoms with van der Waals surface area (Å²) in [6.07, 6.45) is 13.0. The molecular weight excluding hydrogens is 320 g/mol. The van der Waals surface area contributed by atoms with E-state index in [1.807, 2.05) is 31.2 Å². The number of carboxylic acids is 1. The minimum atomic E-state index is -1.06. The minimum absolute atomic E-state index is 0.0289. The molecule has 0 saturated heterocycles. The number of Topliss-reactive ketones (excluding diaryl/α,β-unsaturated/α-hetero) is 1. The second kappa shape index (κ2) is 11.8. The van der Waals surface area contributed by atoms with E-state index in [0.29, 0.717) is 25.7 Å². The monoisotopic (exact) mass is 349 g/mol. The molecule has 4 atom stereocenters. The third-order valence-corrected chi connectivity index (χ3v) is 4.38. The number of hydrogen-bond donors (Lipinski definition) is 2. The van der Waals surface area contributed by atoms with Crippen LogP contribution in [0.5, 0.6) is 0 Å². The van der Waals surface area contributed by atoms with Gasteiger partial charge in [0.15, 0.2) is 0 Å². The van der Waals surface area contributed by atoms with Gasteiger partial charge in [-0.1, -0.05) is 43.4 Å². The Kier molecular flexibility index (Phi) is 10.0. The molecule has 5 nitrogen and oxygen atoms in total. The molecule has 2 N–H and O–H groups in total. The van der Waals surface area contributed by atoms with Crippen molar-refractivity contribution in [1.82, 2.24) is 0 Å². The van der Waals surface area contributed by atoms with Gasteiger partial charge in [0, 0.05) is 24.2 Å². The van der Waals surface area contributed by atoms with Gasteiger partial charge in [0.05, 0.1) is 12.2 Å². The molecule has 1 saturated carbocycles. The number of unbranched alkanes of at least 4 members (excludes halogenated alkanes) is 1. The van der Waals surface area contributed by atoms with Crippen molar-refractivity contribution in [2.45, 2.75) is 64.1 Å². The van der Waals surface area contributed by atoms with Crippen molar-refractivity contribution < 1.29 is 24.9 Å². The van der Waals surface area contributed by atoms with E-state index < -0.39 is 18.2 Å². The fourth-order valence-electron chi connectivity index (χ4n) is 2.99. The van der Waals surface area contributed by atoms with E-state index in [-0.39, 0.29) is 30.5 Å². The second-order valence-electron chi connectivity index (χ2n) is 6.46. The quantitative estimate of drug-likeness (QED) is 0.437. The van der Waals surface area contributed by atoms with E-state index in [4.69, 9.17) is 0 Å². The molecule has 1 rings (SSSR count). The first-order valence-electron chi connectivity index (χ1n) is 9.02. The summed E-state index contributed by atoms with van der Waals surface area (Å²) in [6, 6.07) is 0. The third-order valence-electron chi connectivity index (χ3n) is 4.38. The Morgan fingerprint density at radius 2 is 2.08 bits per heavy atom. The standard InChI is InChI=1S/C20H30O5/c1-2-3-6-9-15(21)12-13-17-16(18(22)14-19(17)23)10-7-4-5-8-11-20(24)25/h3-4,6-7,12-13,15-17,19,21,23H,2,5,8-11,14H2,1H3,(H,24,25)/p-1/b6-3-,7-4-,13-12+/t15-,16+,17+,19+/m0/s1. The van der Waals surface area contributed by atoms with Gasteiger partial charge in [0.2, 0.25) is 0 Å². The van der Waals surface area contributed by atoms with Gasteiger partial charge < -0.3 is 20.1 Å². The molecule has 0 aromatic heterocycles. The molecule has 1 aliphatic rings. The molecule has 0 radical (unpaired) electrons. The normalized spacial score (nSPS) is 25.6. The highest BCUT2D eigenvalue weighted by Crippen LogP contribution is 2.33. The first-order valence-corrected chi connectivity index (χ1v) is 9.02. The van der Waals surface area contributed by atoms with Crippen LogP contribution in [-0.4, -0.2) is 34.2 Å². The molecule has 25 heavy (non-hydrogen) atoms. The van der Waals surface area contributed by atoms with Crippen LogP contribution >= 0.6 is 0 Å². The van der Waals surface area contributed by atoms with Crippen LogP contribution in [0.15, 0.2) is 36.5 Å². The van der Waals surface area contributed by atoms with Crippen LogP contribution in [0.2, 0.25) is 0 Å². The molecule has 0 heterocycles. The van der Waals surface area contributed by atoms with Gasteiger partial charge >= 0.3 is 0 Å². The first kappa shape index (κ1) is 21.3. The molecule has 0 aromatic rings. The summed E-state index contributed by atoms with van der Waals surface area (Å²) in [5.74, 6) is -1.60. The average molecular weight is 349 g/mol. The van der Waals surface area contributed by atoms with Crippen LogP contribution < -0.4 is 5.11 Å². The summed E-state index contributed by atoms with van der Waals surface area (Å²) in [6.45, 7) is 2.02. The molecule has 140 valence electrons. The molecule has 0 spiro atoms. The number of aliphatic hydroxyl groups is 2. The van der Waals surface area contributed by atoms with Crippen LogP contribution in [0.3, 0.4) is 0 Å². The molecule has 0 aromatic carbocycles. The molecular formula is C20H29O5-. The van der Waals surface area contributed by atoms with Crippen molar-refractivity contribution in [3.63, 3.8) is 0 Å². The van der Waals surface area contributed by atoms with Crippen LogP contribution in [0.1, 0.15) is 51.9 Å². The number of rotatable bonds is 11.